The molecule has 3 aromatic carbocycles. The molecule has 35 heavy (non-hydrogen) atoms. The Morgan fingerprint density at radius 3 is 2.51 bits per heavy atom. The van der Waals surface area contributed by atoms with Gasteiger partial charge in [-0.15, -0.1) is 0 Å². The van der Waals surface area contributed by atoms with Crippen LogP contribution in [0.4, 0.5) is 0 Å². The van der Waals surface area contributed by atoms with Gasteiger partial charge in [-0.25, -0.2) is 0 Å². The Morgan fingerprint density at radius 2 is 1.80 bits per heavy atom. The molecule has 1 aliphatic rings. The van der Waals surface area contributed by atoms with E-state index < -0.39 is 11.6 Å². The van der Waals surface area contributed by atoms with Gasteiger partial charge in [-0.1, -0.05) is 59.1 Å². The molecule has 3 aromatic rings. The fourth-order valence-corrected chi connectivity index (χ4v) is 4.83. The summed E-state index contributed by atoms with van der Waals surface area (Å²) in [6, 6.07) is 18.0. The van der Waals surface area contributed by atoms with Crippen molar-refractivity contribution in [1.82, 2.24) is 4.90 Å². The fourth-order valence-electron chi connectivity index (χ4n) is 4.32. The zero-order valence-corrected chi connectivity index (χ0v) is 21.3. The number of ether oxygens (including phenoxy) is 1. The summed E-state index contributed by atoms with van der Waals surface area (Å²) in [5.74, 6) is -0.482. The summed E-state index contributed by atoms with van der Waals surface area (Å²) in [5, 5.41) is 10.8. The third-order valence-electron chi connectivity index (χ3n) is 5.99. The second-order valence-electron chi connectivity index (χ2n) is 8.94. The van der Waals surface area contributed by atoms with E-state index >= 15 is 0 Å². The first-order valence-corrected chi connectivity index (χ1v) is 12.3. The minimum Gasteiger partial charge on any atom is -0.487 e. The standard InChI is InChI=1S/C27H24Cl3NO4/c1-27(14-19-3-2-4-22(29)25(19)30)15-20-13-18(7-10-23(20)35-27)26(34)31(12-11-24(32)33)16-17-5-8-21(28)9-6-17/h2-10,13H,11-12,14-16H2,1H3,(H,32,33)/t27-/m1/s1. The Balaban J connectivity index is 1.53. The Kier molecular flexibility index (Phi) is 7.60. The van der Waals surface area contributed by atoms with Crippen molar-refractivity contribution in [2.45, 2.75) is 38.3 Å². The van der Waals surface area contributed by atoms with Gasteiger partial charge in [-0.05, 0) is 60.0 Å². The monoisotopic (exact) mass is 531 g/mol. The molecule has 1 aliphatic heterocycles. The van der Waals surface area contributed by atoms with E-state index in [0.29, 0.717) is 33.5 Å². The number of carboxylic acids is 1. The molecule has 1 atom stereocenters. The van der Waals surface area contributed by atoms with Gasteiger partial charge in [0.15, 0.2) is 0 Å². The molecular weight excluding hydrogens is 509 g/mol. The Morgan fingerprint density at radius 1 is 1.06 bits per heavy atom. The summed E-state index contributed by atoms with van der Waals surface area (Å²) in [7, 11) is 0. The molecule has 0 aromatic heterocycles. The summed E-state index contributed by atoms with van der Waals surface area (Å²) < 4.78 is 6.26. The average molecular weight is 533 g/mol. The summed E-state index contributed by atoms with van der Waals surface area (Å²) in [6.45, 7) is 2.38. The van der Waals surface area contributed by atoms with Gasteiger partial charge in [0.05, 0.1) is 16.5 Å². The molecular formula is C27H24Cl3NO4. The number of fused-ring (bicyclic) bond motifs is 1. The van der Waals surface area contributed by atoms with E-state index in [9.17, 15) is 9.59 Å². The van der Waals surface area contributed by atoms with E-state index in [1.165, 1.54) is 0 Å². The lowest BCUT2D eigenvalue weighted by Crippen LogP contribution is -2.33. The first-order chi connectivity index (χ1) is 16.6. The Labute approximate surface area is 219 Å². The van der Waals surface area contributed by atoms with Crippen molar-refractivity contribution in [3.8, 4) is 5.75 Å². The number of carboxylic acid groups (broad SMARTS) is 1. The maximum Gasteiger partial charge on any atom is 0.305 e. The van der Waals surface area contributed by atoms with Gasteiger partial charge in [0.25, 0.3) is 5.91 Å². The van der Waals surface area contributed by atoms with Crippen LogP contribution in [0.15, 0.2) is 60.7 Å². The number of aliphatic carboxylic acids is 1. The zero-order chi connectivity index (χ0) is 25.2. The minimum absolute atomic E-state index is 0.0926. The summed E-state index contributed by atoms with van der Waals surface area (Å²) >= 11 is 18.5. The average Bonchev–Trinajstić information content (AvgIpc) is 3.15. The van der Waals surface area contributed by atoms with E-state index in [-0.39, 0.29) is 25.4 Å². The normalized spacial score (nSPS) is 16.5. The maximum atomic E-state index is 13.4. The van der Waals surface area contributed by atoms with Gasteiger partial charge < -0.3 is 14.7 Å². The van der Waals surface area contributed by atoms with Crippen LogP contribution in [-0.2, 0) is 24.2 Å². The Bertz CT molecular complexity index is 1260. The molecule has 0 saturated heterocycles. The number of hydrogen-bond donors (Lipinski definition) is 1. The third kappa shape index (κ3) is 6.10. The number of benzene rings is 3. The number of rotatable bonds is 8. The van der Waals surface area contributed by atoms with Crippen LogP contribution in [0, 0.1) is 0 Å². The first-order valence-electron chi connectivity index (χ1n) is 11.1. The first kappa shape index (κ1) is 25.4. The van der Waals surface area contributed by atoms with Crippen LogP contribution in [-0.4, -0.2) is 34.0 Å². The van der Waals surface area contributed by atoms with E-state index in [0.717, 1.165) is 22.4 Å². The van der Waals surface area contributed by atoms with Crippen molar-refractivity contribution in [2.75, 3.05) is 6.54 Å². The van der Waals surface area contributed by atoms with E-state index in [1.54, 1.807) is 35.2 Å². The highest BCUT2D eigenvalue weighted by Crippen LogP contribution is 2.39. The second kappa shape index (κ2) is 10.5. The van der Waals surface area contributed by atoms with Gasteiger partial charge in [0, 0.05) is 36.5 Å². The topological polar surface area (TPSA) is 66.8 Å². The molecule has 0 aliphatic carbocycles. The molecule has 0 fully saturated rings. The van der Waals surface area contributed by atoms with Crippen LogP contribution in [0.25, 0.3) is 0 Å². The van der Waals surface area contributed by atoms with Crippen molar-refractivity contribution in [1.29, 1.82) is 0 Å². The van der Waals surface area contributed by atoms with Crippen molar-refractivity contribution < 1.29 is 19.4 Å². The lowest BCUT2D eigenvalue weighted by atomic mass is 9.91. The maximum absolute atomic E-state index is 13.4. The Hall–Kier alpha value is -2.73. The predicted molar refractivity (Wildman–Crippen MR) is 138 cm³/mol. The zero-order valence-electron chi connectivity index (χ0n) is 19.1. The van der Waals surface area contributed by atoms with Crippen LogP contribution in [0.3, 0.4) is 0 Å². The number of amides is 1. The smallest absolute Gasteiger partial charge is 0.305 e. The van der Waals surface area contributed by atoms with Crippen LogP contribution >= 0.6 is 34.8 Å². The van der Waals surface area contributed by atoms with Crippen LogP contribution in [0.1, 0.15) is 40.4 Å². The molecule has 0 radical (unpaired) electrons. The van der Waals surface area contributed by atoms with Gasteiger partial charge in [-0.3, -0.25) is 9.59 Å². The number of nitrogens with zero attached hydrogens (tertiary/aromatic N) is 1. The molecule has 1 amide bonds. The van der Waals surface area contributed by atoms with Crippen LogP contribution in [0.2, 0.25) is 15.1 Å². The summed E-state index contributed by atoms with van der Waals surface area (Å²) in [4.78, 5) is 26.1. The second-order valence-corrected chi connectivity index (χ2v) is 10.2. The molecule has 5 nitrogen and oxygen atoms in total. The number of halogens is 3. The lowest BCUT2D eigenvalue weighted by Gasteiger charge is -2.24. The molecule has 8 heteroatoms. The molecule has 1 heterocycles. The van der Waals surface area contributed by atoms with Crippen molar-refractivity contribution in [3.63, 3.8) is 0 Å². The number of carbonyl (C=O) groups is 2. The summed E-state index contributed by atoms with van der Waals surface area (Å²) in [5.41, 5.74) is 2.63. The van der Waals surface area contributed by atoms with Gasteiger partial charge in [0.1, 0.15) is 11.4 Å². The highest BCUT2D eigenvalue weighted by atomic mass is 35.5. The largest absolute Gasteiger partial charge is 0.487 e. The van der Waals surface area contributed by atoms with Gasteiger partial charge in [-0.2, -0.15) is 0 Å². The molecule has 0 saturated carbocycles. The third-order valence-corrected chi connectivity index (χ3v) is 7.10. The van der Waals surface area contributed by atoms with Crippen LogP contribution < -0.4 is 4.74 Å². The fraction of sp³-hybridized carbons (Fsp3) is 0.259. The highest BCUT2D eigenvalue weighted by molar-refractivity contribution is 6.42. The van der Waals surface area contributed by atoms with Gasteiger partial charge >= 0.3 is 5.97 Å². The molecule has 1 N–H and O–H groups in total. The summed E-state index contributed by atoms with van der Waals surface area (Å²) in [6.07, 6.45) is 1.01. The quantitative estimate of drug-likeness (QED) is 0.350. The highest BCUT2D eigenvalue weighted by Gasteiger charge is 2.36. The lowest BCUT2D eigenvalue weighted by molar-refractivity contribution is -0.137. The minimum atomic E-state index is -0.961. The van der Waals surface area contributed by atoms with Crippen LogP contribution in [0.5, 0.6) is 5.75 Å². The van der Waals surface area contributed by atoms with E-state index in [4.69, 9.17) is 44.6 Å². The van der Waals surface area contributed by atoms with Gasteiger partial charge in [0.2, 0.25) is 0 Å². The predicted octanol–water partition coefficient (Wildman–Crippen LogP) is 6.70. The number of hydrogen-bond acceptors (Lipinski definition) is 3. The van der Waals surface area contributed by atoms with Crippen molar-refractivity contribution in [3.05, 3.63) is 98.0 Å². The van der Waals surface area contributed by atoms with Crippen molar-refractivity contribution in [2.24, 2.45) is 0 Å². The molecule has 0 spiro atoms. The number of carbonyl (C=O) groups excluding carboxylic acids is 1. The van der Waals surface area contributed by atoms with E-state index in [2.05, 4.69) is 0 Å². The van der Waals surface area contributed by atoms with E-state index in [1.807, 2.05) is 37.3 Å². The molecule has 4 rings (SSSR count). The molecule has 182 valence electrons. The van der Waals surface area contributed by atoms with Crippen molar-refractivity contribution >= 4 is 46.7 Å². The SMILES string of the molecule is C[C@@]1(Cc2cccc(Cl)c2Cl)Cc2cc(C(=O)N(CCC(=O)O)Cc3ccc(Cl)cc3)ccc2O1. The molecule has 0 bridgehead atoms. The molecule has 0 unspecified atom stereocenters.